The molecule has 29 heavy (non-hydrogen) atoms. The van der Waals surface area contributed by atoms with E-state index in [1.807, 2.05) is 38.1 Å². The average Bonchev–Trinajstić information content (AvgIpc) is 3.13. The molecule has 0 saturated carbocycles. The molecule has 152 valence electrons. The first-order valence-corrected chi connectivity index (χ1v) is 10.1. The maximum Gasteiger partial charge on any atom is 0.332 e. The summed E-state index contributed by atoms with van der Waals surface area (Å²) in [5.41, 5.74) is 7.55. The number of nitrogens with zero attached hydrogens (tertiary/aromatic N) is 3. The van der Waals surface area contributed by atoms with Gasteiger partial charge >= 0.3 is 5.69 Å². The average molecular weight is 414 g/mol. The molecule has 8 nitrogen and oxygen atoms in total. The van der Waals surface area contributed by atoms with Gasteiger partial charge in [-0.05, 0) is 25.5 Å². The van der Waals surface area contributed by atoms with Crippen molar-refractivity contribution >= 4 is 28.7 Å². The Bertz CT molecular complexity index is 1160. The molecule has 2 aromatic heterocycles. The number of benzene rings is 1. The van der Waals surface area contributed by atoms with E-state index in [2.05, 4.69) is 10.3 Å². The van der Waals surface area contributed by atoms with Gasteiger partial charge in [-0.25, -0.2) is 9.78 Å². The van der Waals surface area contributed by atoms with Crippen molar-refractivity contribution in [3.8, 4) is 11.3 Å². The first kappa shape index (κ1) is 20.5. The molecule has 0 unspecified atom stereocenters. The van der Waals surface area contributed by atoms with Gasteiger partial charge in [0.25, 0.3) is 5.56 Å². The number of thiazole rings is 1. The van der Waals surface area contributed by atoms with Crippen molar-refractivity contribution < 1.29 is 4.79 Å². The van der Waals surface area contributed by atoms with E-state index in [1.165, 1.54) is 23.0 Å². The third kappa shape index (κ3) is 4.29. The molecule has 0 atom stereocenters. The fraction of sp³-hybridized carbons (Fsp3) is 0.300. The fourth-order valence-electron chi connectivity index (χ4n) is 2.95. The van der Waals surface area contributed by atoms with E-state index in [1.54, 1.807) is 5.38 Å². The van der Waals surface area contributed by atoms with Crippen LogP contribution < -0.4 is 22.3 Å². The third-order valence-electron chi connectivity index (χ3n) is 4.49. The largest absolute Gasteiger partial charge is 0.384 e. The summed E-state index contributed by atoms with van der Waals surface area (Å²) >= 11 is 1.27. The van der Waals surface area contributed by atoms with E-state index in [9.17, 15) is 14.4 Å². The van der Waals surface area contributed by atoms with Crippen molar-refractivity contribution in [2.45, 2.75) is 33.2 Å². The highest BCUT2D eigenvalue weighted by Crippen LogP contribution is 2.24. The fourth-order valence-corrected chi connectivity index (χ4v) is 3.73. The number of hydrogen-bond acceptors (Lipinski definition) is 6. The number of aromatic nitrogens is 3. The molecule has 0 aliphatic heterocycles. The van der Waals surface area contributed by atoms with Gasteiger partial charge in [-0.3, -0.25) is 18.7 Å². The number of anilines is 2. The van der Waals surface area contributed by atoms with Gasteiger partial charge in [-0.15, -0.1) is 11.3 Å². The van der Waals surface area contributed by atoms with Gasteiger partial charge < -0.3 is 11.1 Å². The summed E-state index contributed by atoms with van der Waals surface area (Å²) < 4.78 is 2.41. The Morgan fingerprint density at radius 3 is 2.59 bits per heavy atom. The molecule has 0 radical (unpaired) electrons. The zero-order valence-corrected chi connectivity index (χ0v) is 17.4. The van der Waals surface area contributed by atoms with E-state index in [0.717, 1.165) is 10.1 Å². The normalized spacial score (nSPS) is 10.9. The van der Waals surface area contributed by atoms with Gasteiger partial charge in [0, 0.05) is 24.7 Å². The number of hydrogen-bond donors (Lipinski definition) is 2. The second kappa shape index (κ2) is 8.44. The number of aryl methyl sites for hydroxylation is 1. The summed E-state index contributed by atoms with van der Waals surface area (Å²) in [4.78, 5) is 41.6. The lowest BCUT2D eigenvalue weighted by molar-refractivity contribution is -0.115. The lowest BCUT2D eigenvalue weighted by atomic mass is 10.2. The van der Waals surface area contributed by atoms with Crippen molar-refractivity contribution in [2.24, 2.45) is 7.05 Å². The molecule has 9 heteroatoms. The van der Waals surface area contributed by atoms with Crippen molar-refractivity contribution in [2.75, 3.05) is 11.1 Å². The Morgan fingerprint density at radius 1 is 1.24 bits per heavy atom. The Morgan fingerprint density at radius 2 is 1.93 bits per heavy atom. The van der Waals surface area contributed by atoms with Crippen LogP contribution in [-0.4, -0.2) is 20.0 Å². The Labute approximate surface area is 171 Å². The summed E-state index contributed by atoms with van der Waals surface area (Å²) in [5, 5.41) is 5.06. The van der Waals surface area contributed by atoms with Crippen LogP contribution in [0.5, 0.6) is 0 Å². The van der Waals surface area contributed by atoms with Gasteiger partial charge in [-0.1, -0.05) is 24.6 Å². The third-order valence-corrected chi connectivity index (χ3v) is 5.33. The highest BCUT2D eigenvalue weighted by molar-refractivity contribution is 7.10. The maximum atomic E-state index is 12.6. The molecule has 0 aliphatic carbocycles. The Balaban J connectivity index is 1.86. The minimum absolute atomic E-state index is 0.0767. The van der Waals surface area contributed by atoms with Crippen LogP contribution in [0.15, 0.2) is 39.2 Å². The van der Waals surface area contributed by atoms with Crippen LogP contribution in [0.3, 0.4) is 0 Å². The SMILES string of the molecule is CCCn1c(N)c(-c2csc(CC(=O)Nc3ccc(C)cc3)n2)c(=O)n(C)c1=O. The summed E-state index contributed by atoms with van der Waals surface area (Å²) in [6.07, 6.45) is 0.774. The number of amides is 1. The lowest BCUT2D eigenvalue weighted by Crippen LogP contribution is -2.40. The number of nitrogens with two attached hydrogens (primary N) is 1. The minimum atomic E-state index is -0.499. The quantitative estimate of drug-likeness (QED) is 0.643. The van der Waals surface area contributed by atoms with Gasteiger partial charge in [0.05, 0.1) is 12.1 Å². The predicted octanol–water partition coefficient (Wildman–Crippen LogP) is 2.15. The molecular weight excluding hydrogens is 390 g/mol. The van der Waals surface area contributed by atoms with Crippen LogP contribution in [0.4, 0.5) is 11.5 Å². The minimum Gasteiger partial charge on any atom is -0.384 e. The molecule has 0 spiro atoms. The van der Waals surface area contributed by atoms with Gasteiger partial charge in [0.2, 0.25) is 5.91 Å². The molecule has 0 aliphatic rings. The first-order valence-electron chi connectivity index (χ1n) is 9.22. The van der Waals surface area contributed by atoms with Crippen molar-refractivity contribution in [3.63, 3.8) is 0 Å². The zero-order valence-electron chi connectivity index (χ0n) is 16.6. The summed E-state index contributed by atoms with van der Waals surface area (Å²) in [6, 6.07) is 7.51. The number of carbonyl (C=O) groups excluding carboxylic acids is 1. The van der Waals surface area contributed by atoms with E-state index < -0.39 is 11.2 Å². The Kier molecular flexibility index (Phi) is 5.97. The monoisotopic (exact) mass is 413 g/mol. The molecule has 3 N–H and O–H groups in total. The number of carbonyl (C=O) groups is 1. The maximum absolute atomic E-state index is 12.6. The summed E-state index contributed by atoms with van der Waals surface area (Å²) in [5.74, 6) is -0.104. The van der Waals surface area contributed by atoms with E-state index in [-0.39, 0.29) is 23.7 Å². The standard InChI is InChI=1S/C20H23N5O3S/c1-4-9-25-18(21)17(19(27)24(3)20(25)28)14-11-29-16(23-14)10-15(26)22-13-7-5-12(2)6-8-13/h5-8,11H,4,9-10,21H2,1-3H3,(H,22,26). The molecule has 0 saturated heterocycles. The number of nitrogen functional groups attached to an aromatic ring is 1. The van der Waals surface area contributed by atoms with Gasteiger partial charge in [0.15, 0.2) is 0 Å². The molecule has 0 fully saturated rings. The molecule has 1 amide bonds. The van der Waals surface area contributed by atoms with Gasteiger partial charge in [-0.2, -0.15) is 0 Å². The first-order chi connectivity index (χ1) is 13.8. The lowest BCUT2D eigenvalue weighted by Gasteiger charge is -2.13. The van der Waals surface area contributed by atoms with Crippen molar-refractivity contribution in [3.05, 3.63) is 61.1 Å². The van der Waals surface area contributed by atoms with E-state index in [4.69, 9.17) is 5.73 Å². The van der Waals surface area contributed by atoms with Crippen LogP contribution >= 0.6 is 11.3 Å². The molecule has 1 aromatic carbocycles. The number of nitrogens with one attached hydrogen (secondary N) is 1. The van der Waals surface area contributed by atoms with Crippen LogP contribution in [0.2, 0.25) is 0 Å². The predicted molar refractivity (Wildman–Crippen MR) is 115 cm³/mol. The van der Waals surface area contributed by atoms with Crippen LogP contribution in [-0.2, 0) is 24.8 Å². The highest BCUT2D eigenvalue weighted by Gasteiger charge is 2.19. The van der Waals surface area contributed by atoms with Crippen LogP contribution in [0, 0.1) is 6.92 Å². The molecule has 3 aromatic rings. The topological polar surface area (TPSA) is 112 Å². The smallest absolute Gasteiger partial charge is 0.332 e. The second-order valence-electron chi connectivity index (χ2n) is 6.78. The molecule has 2 heterocycles. The van der Waals surface area contributed by atoms with E-state index >= 15 is 0 Å². The summed E-state index contributed by atoms with van der Waals surface area (Å²) in [6.45, 7) is 4.30. The molecule has 0 bridgehead atoms. The van der Waals surface area contributed by atoms with Crippen molar-refractivity contribution in [1.82, 2.24) is 14.1 Å². The molecule has 3 rings (SSSR count). The van der Waals surface area contributed by atoms with Crippen LogP contribution in [0.25, 0.3) is 11.3 Å². The molecular formula is C20H23N5O3S. The highest BCUT2D eigenvalue weighted by atomic mass is 32.1. The number of rotatable bonds is 6. The Hall–Kier alpha value is -3.20. The second-order valence-corrected chi connectivity index (χ2v) is 7.72. The zero-order chi connectivity index (χ0) is 21.1. The summed E-state index contributed by atoms with van der Waals surface area (Å²) in [7, 11) is 1.42. The van der Waals surface area contributed by atoms with Crippen LogP contribution in [0.1, 0.15) is 23.9 Å². The van der Waals surface area contributed by atoms with E-state index in [0.29, 0.717) is 29.4 Å². The van der Waals surface area contributed by atoms with Gasteiger partial charge in [0.1, 0.15) is 16.4 Å². The van der Waals surface area contributed by atoms with Crippen molar-refractivity contribution in [1.29, 1.82) is 0 Å².